The Morgan fingerprint density at radius 3 is 1.53 bits per heavy atom. The molecule has 4 rings (SSSR count). The van der Waals surface area contributed by atoms with E-state index in [0.717, 1.165) is 0 Å². The van der Waals surface area contributed by atoms with Crippen molar-refractivity contribution in [3.63, 3.8) is 0 Å². The molecular weight excluding hydrogens is 965 g/mol. The van der Waals surface area contributed by atoms with E-state index in [0.29, 0.717) is 11.8 Å². The number of benzene rings is 3. The molecule has 0 aliphatic carbocycles. The van der Waals surface area contributed by atoms with Crippen LogP contribution in [0.3, 0.4) is 0 Å². The van der Waals surface area contributed by atoms with Gasteiger partial charge in [0.05, 0.1) is 16.6 Å². The van der Waals surface area contributed by atoms with Crippen LogP contribution in [-0.2, 0) is 0 Å². The highest BCUT2D eigenvalue weighted by Crippen LogP contribution is 2.53. The molecule has 0 unspecified atom stereocenters. The van der Waals surface area contributed by atoms with Crippen LogP contribution in [0.25, 0.3) is 4.65 Å². The van der Waals surface area contributed by atoms with Gasteiger partial charge in [0.1, 0.15) is 8.24 Å². The van der Waals surface area contributed by atoms with E-state index >= 15 is 0 Å². The summed E-state index contributed by atoms with van der Waals surface area (Å²) < 4.78 is 12.1. The van der Waals surface area contributed by atoms with E-state index in [-0.39, 0.29) is 11.1 Å². The fourth-order valence-electron chi connectivity index (χ4n) is 6.26. The molecule has 0 saturated carbocycles. The number of amidine groups is 1. The van der Waals surface area contributed by atoms with Crippen molar-refractivity contribution in [2.45, 2.75) is 119 Å². The van der Waals surface area contributed by atoms with E-state index in [4.69, 9.17) is 4.65 Å². The Bertz CT molecular complexity index is 1500. The Hall–Kier alpha value is -0.269. The fourth-order valence-corrected chi connectivity index (χ4v) is 54.4. The highest BCUT2D eigenvalue weighted by Gasteiger charge is 2.65. The standard InChI is InChI=1S/C30H49I3N4Si3.C7H8/c1-22(2)25-20-17-21-26(23(3)4)27(25)37(38(11,12)13)39(31,32)34-40(33)35(29(5,6)7)28(36(40)30(8,9)10)24-18-15-14-16-19-24;1-7-5-3-2-4-6-7/h14-23H,1-13H3;2-6H,1H3. The normalized spacial score (nSPS) is 17.5. The zero-order chi connectivity index (χ0) is 35.8. The summed E-state index contributed by atoms with van der Waals surface area (Å²) >= 11 is 8.44. The second-order valence-corrected chi connectivity index (χ2v) is 45.3. The number of halogens is 3. The average molecular weight is 1020 g/mol. The lowest BCUT2D eigenvalue weighted by Crippen LogP contribution is -2.81. The molecule has 3 aromatic carbocycles. The zero-order valence-corrected chi connectivity index (χ0v) is 40.6. The molecule has 0 fully saturated rings. The Kier molecular flexibility index (Phi) is 13.6. The Labute approximate surface area is 328 Å². The van der Waals surface area contributed by atoms with E-state index in [1.807, 2.05) is 18.2 Å². The third-order valence-electron chi connectivity index (χ3n) is 8.09. The van der Waals surface area contributed by atoms with Crippen LogP contribution < -0.4 is 4.23 Å². The summed E-state index contributed by atoms with van der Waals surface area (Å²) in [6.07, 6.45) is 0. The number of para-hydroxylation sites is 1. The largest absolute Gasteiger partial charge is 0.546 e. The highest BCUT2D eigenvalue weighted by atomic mass is 127. The molecule has 0 radical (unpaired) electrons. The average Bonchev–Trinajstić information content (AvgIpc) is 2.90. The minimum atomic E-state index is -2.52. The molecule has 3 aromatic rings. The van der Waals surface area contributed by atoms with Crippen LogP contribution in [0, 0.1) is 6.92 Å². The first-order valence-electron chi connectivity index (χ1n) is 16.7. The minimum absolute atomic E-state index is 0.0511. The first-order chi connectivity index (χ1) is 21.4. The van der Waals surface area contributed by atoms with Gasteiger partial charge >= 0.3 is 6.06 Å². The lowest BCUT2D eigenvalue weighted by atomic mass is 9.93. The molecule has 1 aliphatic rings. The number of hydrogen-bond donors (Lipinski definition) is 0. The predicted molar refractivity (Wildman–Crippen MR) is 241 cm³/mol. The summed E-state index contributed by atoms with van der Waals surface area (Å²) in [7, 11) is -1.86. The van der Waals surface area contributed by atoms with Crippen LogP contribution >= 0.6 is 65.4 Å². The summed E-state index contributed by atoms with van der Waals surface area (Å²) in [4.78, 5) is 0. The number of anilines is 1. The summed E-state index contributed by atoms with van der Waals surface area (Å²) in [5.41, 5.74) is 6.89. The van der Waals surface area contributed by atoms with Crippen molar-refractivity contribution in [3.8, 4) is 0 Å². The van der Waals surface area contributed by atoms with Crippen LogP contribution in [0.4, 0.5) is 5.69 Å². The van der Waals surface area contributed by atoms with Gasteiger partial charge in [-0.25, -0.2) is 0 Å². The van der Waals surface area contributed by atoms with E-state index < -0.39 is 17.7 Å². The maximum absolute atomic E-state index is 6.19. The summed E-state index contributed by atoms with van der Waals surface area (Å²) in [5, 5.41) is 0. The molecule has 0 saturated heterocycles. The van der Waals surface area contributed by atoms with Crippen molar-refractivity contribution < 1.29 is 4.24 Å². The number of hydrogen-bond acceptors (Lipinski definition) is 2. The maximum Gasteiger partial charge on any atom is 0.443 e. The van der Waals surface area contributed by atoms with Gasteiger partial charge in [-0.05, 0) is 105 Å². The zero-order valence-electron chi connectivity index (χ0n) is 31.1. The van der Waals surface area contributed by atoms with Gasteiger partial charge in [0.2, 0.25) is 0 Å². The molecule has 47 heavy (non-hydrogen) atoms. The van der Waals surface area contributed by atoms with Crippen LogP contribution in [-0.4, -0.2) is 43.4 Å². The van der Waals surface area contributed by atoms with Crippen LogP contribution in [0.2, 0.25) is 19.6 Å². The van der Waals surface area contributed by atoms with Crippen molar-refractivity contribution in [2.24, 2.45) is 0 Å². The number of aryl methyl sites for hydroxylation is 1. The van der Waals surface area contributed by atoms with E-state index in [9.17, 15) is 0 Å². The monoisotopic (exact) mass is 1020 g/mol. The van der Waals surface area contributed by atoms with Crippen molar-refractivity contribution in [2.75, 3.05) is 4.23 Å². The number of rotatable bonds is 8. The molecule has 1 atom stereocenters. The molecule has 4 nitrogen and oxygen atoms in total. The molecule has 258 valence electrons. The lowest BCUT2D eigenvalue weighted by Gasteiger charge is -2.63. The van der Waals surface area contributed by atoms with Crippen LogP contribution in [0.15, 0.2) is 78.9 Å². The van der Waals surface area contributed by atoms with Crippen molar-refractivity contribution in [3.05, 3.63) is 106 Å². The van der Waals surface area contributed by atoms with Gasteiger partial charge in [0.15, 0.2) is 3.39 Å². The van der Waals surface area contributed by atoms with Gasteiger partial charge in [0, 0.05) is 5.69 Å². The SMILES string of the molecule is CC(C)c1cccc(C(C)C)c1N([Si](C)(C)C)[Si](I)(I)[N-][Si@]1(I)N(C(C)(C)C)C(c2ccccc2)=[N+]1C(C)(C)C.Cc1ccccc1. The Morgan fingerprint density at radius 1 is 0.745 bits per heavy atom. The molecule has 0 bridgehead atoms. The topological polar surface area (TPSA) is 23.6 Å². The molecule has 0 amide bonds. The summed E-state index contributed by atoms with van der Waals surface area (Å²) in [6.45, 7) is 33.1. The van der Waals surface area contributed by atoms with E-state index in [1.54, 1.807) is 0 Å². The third-order valence-corrected chi connectivity index (χ3v) is 33.5. The molecule has 0 spiro atoms. The summed E-state index contributed by atoms with van der Waals surface area (Å²) in [5.74, 6) is 2.23. The minimum Gasteiger partial charge on any atom is -0.546 e. The van der Waals surface area contributed by atoms with Gasteiger partial charge in [-0.15, -0.1) is 43.6 Å². The Balaban J connectivity index is 0.000000756. The van der Waals surface area contributed by atoms with Gasteiger partial charge in [-0.3, -0.25) is 8.81 Å². The van der Waals surface area contributed by atoms with Gasteiger partial charge in [-0.1, -0.05) is 120 Å². The van der Waals surface area contributed by atoms with Crippen LogP contribution in [0.5, 0.6) is 0 Å². The van der Waals surface area contributed by atoms with E-state index in [2.05, 4.69) is 235 Å². The first-order valence-corrected chi connectivity index (χ1v) is 33.3. The fraction of sp³-hybridized carbons (Fsp3) is 0.486. The second kappa shape index (κ2) is 15.5. The molecule has 1 heterocycles. The number of nitrogens with zero attached hydrogens (tertiary/aromatic N) is 4. The molecule has 1 aliphatic heterocycles. The van der Waals surface area contributed by atoms with Crippen molar-refractivity contribution >= 4 is 94.6 Å². The smallest absolute Gasteiger partial charge is 0.443 e. The quantitative estimate of drug-likeness (QED) is 0.128. The second-order valence-electron chi connectivity index (χ2n) is 16.1. The Morgan fingerprint density at radius 2 is 1.19 bits per heavy atom. The molecular formula is C37H57I3N4Si3. The van der Waals surface area contributed by atoms with Gasteiger partial charge in [-0.2, -0.15) is 0 Å². The van der Waals surface area contributed by atoms with Crippen molar-refractivity contribution in [1.82, 2.24) is 4.57 Å². The predicted octanol–water partition coefficient (Wildman–Crippen LogP) is 12.5. The first kappa shape index (κ1) is 41.2. The van der Waals surface area contributed by atoms with E-state index in [1.165, 1.54) is 33.8 Å². The maximum atomic E-state index is 6.19. The van der Waals surface area contributed by atoms with Crippen LogP contribution in [0.1, 0.15) is 103 Å². The summed E-state index contributed by atoms with van der Waals surface area (Å²) in [6, 6.07) is 25.7. The molecule has 0 N–H and O–H groups in total. The van der Waals surface area contributed by atoms with Gasteiger partial charge in [0.25, 0.3) is 5.84 Å². The highest BCUT2D eigenvalue weighted by molar-refractivity contribution is 14.3. The lowest BCUT2D eigenvalue weighted by molar-refractivity contribution is -0.508. The van der Waals surface area contributed by atoms with Gasteiger partial charge < -0.3 is 8.88 Å². The molecule has 10 heteroatoms. The molecule has 0 aromatic heterocycles. The van der Waals surface area contributed by atoms with Crippen molar-refractivity contribution in [1.29, 1.82) is 0 Å². The third kappa shape index (κ3) is 9.54.